The molecule has 1 amide bonds. The van der Waals surface area contributed by atoms with Gasteiger partial charge in [0, 0.05) is 30.4 Å². The molecule has 7 heteroatoms. The highest BCUT2D eigenvalue weighted by atomic mass is 35.5. The molecular formula is C21H24ClN5O. The number of rotatable bonds is 7. The summed E-state index contributed by atoms with van der Waals surface area (Å²) in [5, 5.41) is 3.79. The number of fused-ring (bicyclic) bond motifs is 1. The van der Waals surface area contributed by atoms with Crippen molar-refractivity contribution in [3.8, 4) is 0 Å². The molecular weight excluding hydrogens is 374 g/mol. The number of amides is 1. The fraction of sp³-hybridized carbons (Fsp3) is 0.381. The first kappa shape index (κ1) is 18.9. The number of aryl methyl sites for hydroxylation is 1. The van der Waals surface area contributed by atoms with E-state index in [-0.39, 0.29) is 11.9 Å². The van der Waals surface area contributed by atoms with Gasteiger partial charge in [-0.3, -0.25) is 14.7 Å². The van der Waals surface area contributed by atoms with Gasteiger partial charge in [-0.1, -0.05) is 17.7 Å². The summed E-state index contributed by atoms with van der Waals surface area (Å²) in [7, 11) is 0. The van der Waals surface area contributed by atoms with Gasteiger partial charge in [0.2, 0.25) is 5.91 Å². The molecule has 0 radical (unpaired) electrons. The molecule has 1 aromatic carbocycles. The van der Waals surface area contributed by atoms with Gasteiger partial charge in [-0.15, -0.1) is 0 Å². The molecule has 0 bridgehead atoms. The quantitative estimate of drug-likeness (QED) is 0.598. The normalized spacial score (nSPS) is 15.8. The molecule has 1 atom stereocenters. The Morgan fingerprint density at radius 1 is 1.29 bits per heavy atom. The lowest BCUT2D eigenvalue weighted by Crippen LogP contribution is -2.39. The molecule has 0 saturated carbocycles. The van der Waals surface area contributed by atoms with E-state index in [1.165, 1.54) is 0 Å². The molecule has 146 valence electrons. The zero-order valence-corrected chi connectivity index (χ0v) is 16.5. The van der Waals surface area contributed by atoms with Crippen LogP contribution in [0.2, 0.25) is 5.02 Å². The smallest absolute Gasteiger partial charge is 0.242 e. The third-order valence-electron chi connectivity index (χ3n) is 5.14. The Hall–Kier alpha value is -2.44. The van der Waals surface area contributed by atoms with E-state index in [1.54, 1.807) is 12.4 Å². The van der Waals surface area contributed by atoms with Crippen LogP contribution in [0.3, 0.4) is 0 Å². The van der Waals surface area contributed by atoms with Gasteiger partial charge in [-0.2, -0.15) is 0 Å². The molecule has 1 aliphatic rings. The molecule has 6 nitrogen and oxygen atoms in total. The number of nitrogens with one attached hydrogen (secondary N) is 2. The van der Waals surface area contributed by atoms with Crippen molar-refractivity contribution in [2.45, 2.75) is 31.7 Å². The lowest BCUT2D eigenvalue weighted by Gasteiger charge is -2.26. The molecule has 1 aliphatic heterocycles. The third-order valence-corrected chi connectivity index (χ3v) is 5.37. The number of aromatic nitrogens is 3. The van der Waals surface area contributed by atoms with Crippen molar-refractivity contribution in [2.75, 3.05) is 19.6 Å². The second-order valence-electron chi connectivity index (χ2n) is 7.17. The first-order chi connectivity index (χ1) is 13.7. The summed E-state index contributed by atoms with van der Waals surface area (Å²) in [6.07, 6.45) is 7.40. The van der Waals surface area contributed by atoms with E-state index in [9.17, 15) is 4.79 Å². The molecule has 2 aromatic heterocycles. The molecule has 0 spiro atoms. The van der Waals surface area contributed by atoms with Crippen molar-refractivity contribution in [3.05, 3.63) is 59.1 Å². The lowest BCUT2D eigenvalue weighted by molar-refractivity contribution is -0.126. The molecule has 28 heavy (non-hydrogen) atoms. The predicted octanol–water partition coefficient (Wildman–Crippen LogP) is 3.50. The van der Waals surface area contributed by atoms with Crippen molar-refractivity contribution in [1.82, 2.24) is 25.2 Å². The van der Waals surface area contributed by atoms with Crippen LogP contribution in [0.1, 0.15) is 36.7 Å². The van der Waals surface area contributed by atoms with E-state index in [1.807, 2.05) is 30.3 Å². The number of likely N-dealkylation sites (tertiary alicyclic amines) is 1. The Morgan fingerprint density at radius 3 is 2.93 bits per heavy atom. The van der Waals surface area contributed by atoms with Crippen LogP contribution >= 0.6 is 11.6 Å². The number of H-pyrrole nitrogens is 1. The number of carbonyl (C=O) groups is 1. The minimum Gasteiger partial charge on any atom is -0.354 e. The van der Waals surface area contributed by atoms with Crippen molar-refractivity contribution < 1.29 is 4.79 Å². The molecule has 3 heterocycles. The standard InChI is InChI=1S/C21H24ClN5O/c22-16-7-8-17-18(13-16)26-19(25-17)6-4-10-24-21(28)20(27-11-1-2-12-27)15-5-3-9-23-14-15/h3,5,7-9,13-14,20H,1-2,4,6,10-12H2,(H,24,28)(H,25,26)/t20-/m1/s1. The number of halogens is 1. The maximum atomic E-state index is 12.9. The highest BCUT2D eigenvalue weighted by Gasteiger charge is 2.29. The van der Waals surface area contributed by atoms with Crippen LogP contribution in [0.25, 0.3) is 11.0 Å². The number of carbonyl (C=O) groups excluding carboxylic acids is 1. The topological polar surface area (TPSA) is 73.9 Å². The molecule has 2 N–H and O–H groups in total. The first-order valence-corrected chi connectivity index (χ1v) is 10.1. The largest absolute Gasteiger partial charge is 0.354 e. The van der Waals surface area contributed by atoms with Crippen LogP contribution in [-0.4, -0.2) is 45.4 Å². The minimum atomic E-state index is -0.260. The van der Waals surface area contributed by atoms with Gasteiger partial charge in [-0.05, 0) is 62.2 Å². The van der Waals surface area contributed by atoms with E-state index < -0.39 is 0 Å². The molecule has 3 aromatic rings. The second-order valence-corrected chi connectivity index (χ2v) is 7.61. The number of benzene rings is 1. The van der Waals surface area contributed by atoms with Gasteiger partial charge in [0.05, 0.1) is 11.0 Å². The van der Waals surface area contributed by atoms with Crippen molar-refractivity contribution in [2.24, 2.45) is 0 Å². The fourth-order valence-electron chi connectivity index (χ4n) is 3.78. The maximum absolute atomic E-state index is 12.9. The van der Waals surface area contributed by atoms with Crippen molar-refractivity contribution >= 4 is 28.5 Å². The summed E-state index contributed by atoms with van der Waals surface area (Å²) < 4.78 is 0. The van der Waals surface area contributed by atoms with Crippen molar-refractivity contribution in [1.29, 1.82) is 0 Å². The van der Waals surface area contributed by atoms with Gasteiger partial charge < -0.3 is 10.3 Å². The van der Waals surface area contributed by atoms with Crippen LogP contribution in [-0.2, 0) is 11.2 Å². The lowest BCUT2D eigenvalue weighted by atomic mass is 10.1. The van der Waals surface area contributed by atoms with E-state index in [0.29, 0.717) is 11.6 Å². The van der Waals surface area contributed by atoms with E-state index in [4.69, 9.17) is 11.6 Å². The number of imidazole rings is 1. The van der Waals surface area contributed by atoms with Crippen molar-refractivity contribution in [3.63, 3.8) is 0 Å². The zero-order valence-electron chi connectivity index (χ0n) is 15.7. The summed E-state index contributed by atoms with van der Waals surface area (Å²) in [5.74, 6) is 0.959. The zero-order chi connectivity index (χ0) is 19.3. The third kappa shape index (κ3) is 4.34. The van der Waals surface area contributed by atoms with E-state index in [2.05, 4.69) is 25.2 Å². The average Bonchev–Trinajstić information content (AvgIpc) is 3.36. The Bertz CT molecular complexity index is 936. The second kappa shape index (κ2) is 8.71. The number of hydrogen-bond acceptors (Lipinski definition) is 4. The summed E-state index contributed by atoms with van der Waals surface area (Å²) in [6.45, 7) is 2.52. The van der Waals surface area contributed by atoms with Gasteiger partial charge in [0.15, 0.2) is 0 Å². The monoisotopic (exact) mass is 397 g/mol. The van der Waals surface area contributed by atoms with Crippen LogP contribution in [0, 0.1) is 0 Å². The van der Waals surface area contributed by atoms with Gasteiger partial charge in [0.25, 0.3) is 0 Å². The molecule has 4 rings (SSSR count). The molecule has 1 saturated heterocycles. The average molecular weight is 398 g/mol. The summed E-state index contributed by atoms with van der Waals surface area (Å²) in [4.78, 5) is 27.2. The highest BCUT2D eigenvalue weighted by molar-refractivity contribution is 6.31. The van der Waals surface area contributed by atoms with E-state index in [0.717, 1.165) is 61.2 Å². The van der Waals surface area contributed by atoms with Crippen LogP contribution in [0.15, 0.2) is 42.7 Å². The van der Waals surface area contributed by atoms with Gasteiger partial charge in [0.1, 0.15) is 11.9 Å². The summed E-state index contributed by atoms with van der Waals surface area (Å²) >= 11 is 6.02. The van der Waals surface area contributed by atoms with Gasteiger partial charge >= 0.3 is 0 Å². The highest BCUT2D eigenvalue weighted by Crippen LogP contribution is 2.24. The number of nitrogens with zero attached hydrogens (tertiary/aromatic N) is 3. The van der Waals surface area contributed by atoms with Crippen LogP contribution in [0.5, 0.6) is 0 Å². The minimum absolute atomic E-state index is 0.0475. The Morgan fingerprint density at radius 2 is 2.14 bits per heavy atom. The molecule has 0 unspecified atom stereocenters. The first-order valence-electron chi connectivity index (χ1n) is 9.76. The number of pyridine rings is 1. The summed E-state index contributed by atoms with van der Waals surface area (Å²) in [6, 6.07) is 9.24. The maximum Gasteiger partial charge on any atom is 0.242 e. The number of hydrogen-bond donors (Lipinski definition) is 2. The van der Waals surface area contributed by atoms with Crippen LogP contribution in [0.4, 0.5) is 0 Å². The van der Waals surface area contributed by atoms with E-state index >= 15 is 0 Å². The number of aromatic amines is 1. The predicted molar refractivity (Wildman–Crippen MR) is 110 cm³/mol. The summed E-state index contributed by atoms with van der Waals surface area (Å²) in [5.41, 5.74) is 2.81. The Labute approximate surface area is 169 Å². The molecule has 1 fully saturated rings. The fourth-order valence-corrected chi connectivity index (χ4v) is 3.95. The van der Waals surface area contributed by atoms with Gasteiger partial charge in [-0.25, -0.2) is 4.98 Å². The Balaban J connectivity index is 1.34. The van der Waals surface area contributed by atoms with Crippen LogP contribution < -0.4 is 5.32 Å². The Kier molecular flexibility index (Phi) is 5.88. The molecule has 0 aliphatic carbocycles. The SMILES string of the molecule is O=C(NCCCc1nc2ccc(Cl)cc2[nH]1)[C@@H](c1cccnc1)N1CCCC1.